The van der Waals surface area contributed by atoms with Crippen molar-refractivity contribution in [3.8, 4) is 6.07 Å². The Labute approximate surface area is 244 Å². The van der Waals surface area contributed by atoms with Crippen molar-refractivity contribution in [2.24, 2.45) is 0 Å². The van der Waals surface area contributed by atoms with E-state index in [9.17, 15) is 14.9 Å². The van der Waals surface area contributed by atoms with Gasteiger partial charge in [0.1, 0.15) is 16.2 Å². The number of benzene rings is 2. The van der Waals surface area contributed by atoms with Crippen molar-refractivity contribution in [2.75, 3.05) is 43.1 Å². The first-order chi connectivity index (χ1) is 18.6. The molecule has 4 rings (SSSR count). The van der Waals surface area contributed by atoms with Crippen LogP contribution in [0.15, 0.2) is 54.7 Å². The molecular formula is C29H32ClN7O2S. The maximum absolute atomic E-state index is 13.1. The van der Waals surface area contributed by atoms with E-state index in [1.54, 1.807) is 42.6 Å². The summed E-state index contributed by atoms with van der Waals surface area (Å²) in [6.45, 7) is 7.10. The molecule has 0 atom stereocenters. The van der Waals surface area contributed by atoms with Crippen molar-refractivity contribution in [2.45, 2.75) is 26.2 Å². The fourth-order valence-electron chi connectivity index (χ4n) is 3.75. The van der Waals surface area contributed by atoms with Gasteiger partial charge >= 0.3 is 0 Å². The number of aryl methyl sites for hydroxylation is 1. The van der Waals surface area contributed by atoms with E-state index in [1.807, 2.05) is 47.0 Å². The third-order valence-electron chi connectivity index (χ3n) is 6.20. The van der Waals surface area contributed by atoms with E-state index in [2.05, 4.69) is 36.9 Å². The molecule has 0 unspecified atom stereocenters. The quantitative estimate of drug-likeness (QED) is 0.233. The Morgan fingerprint density at radius 2 is 1.85 bits per heavy atom. The minimum Gasteiger partial charge on any atom is -0.367 e. The first-order valence-corrected chi connectivity index (χ1v) is 13.3. The zero-order chi connectivity index (χ0) is 28.2. The monoisotopic (exact) mass is 577 g/mol. The number of halogens is 1. The molecule has 2 aromatic carbocycles. The van der Waals surface area contributed by atoms with Gasteiger partial charge in [-0.2, -0.15) is 5.26 Å². The number of nitrogens with one attached hydrogen (secondary N) is 3. The number of hydrogen-bond acceptors (Lipinski definition) is 8. The second-order valence-electron chi connectivity index (χ2n) is 10.0. The van der Waals surface area contributed by atoms with Crippen LogP contribution in [0.3, 0.4) is 0 Å². The molecule has 0 spiro atoms. The molecule has 9 nitrogen and oxygen atoms in total. The highest BCUT2D eigenvalue weighted by Crippen LogP contribution is 2.27. The molecule has 0 aliphatic rings. The van der Waals surface area contributed by atoms with Gasteiger partial charge in [0.05, 0.1) is 22.6 Å². The van der Waals surface area contributed by atoms with Crippen LogP contribution in [0.4, 0.5) is 17.2 Å². The molecule has 0 saturated heterocycles. The second-order valence-corrected chi connectivity index (χ2v) is 11.1. The number of hydrogen-bond donors (Lipinski definition) is 3. The molecule has 2 heterocycles. The number of aromatic nitrogens is 2. The molecule has 0 radical (unpaired) electrons. The second kappa shape index (κ2) is 12.9. The molecule has 2 aromatic heterocycles. The summed E-state index contributed by atoms with van der Waals surface area (Å²) in [7, 11) is 4.01. The number of amides is 2. The molecule has 208 valence electrons. The number of likely N-dealkylation sites (N-methyl/N-ethyl adjacent to an activating group) is 1. The van der Waals surface area contributed by atoms with Crippen LogP contribution in [0.2, 0.25) is 0 Å². The van der Waals surface area contributed by atoms with Gasteiger partial charge in [0.25, 0.3) is 11.8 Å². The van der Waals surface area contributed by atoms with Gasteiger partial charge in [0.15, 0.2) is 0 Å². The first kappa shape index (κ1) is 30.5. The highest BCUT2D eigenvalue weighted by molar-refractivity contribution is 7.20. The number of anilines is 3. The Kier molecular flexibility index (Phi) is 9.82. The number of nitrogens with zero attached hydrogens (tertiary/aromatic N) is 4. The van der Waals surface area contributed by atoms with Crippen LogP contribution in [0.5, 0.6) is 0 Å². The summed E-state index contributed by atoms with van der Waals surface area (Å²) in [5.41, 5.74) is 3.13. The predicted octanol–water partition coefficient (Wildman–Crippen LogP) is 5.70. The molecule has 0 bridgehead atoms. The van der Waals surface area contributed by atoms with Crippen molar-refractivity contribution in [3.63, 3.8) is 0 Å². The van der Waals surface area contributed by atoms with E-state index < -0.39 is 5.41 Å². The Morgan fingerprint density at radius 3 is 2.58 bits per heavy atom. The Balaban J connectivity index is 0.00000441. The summed E-state index contributed by atoms with van der Waals surface area (Å²) in [4.78, 5) is 38.3. The fraction of sp³-hybridized carbons (Fsp3) is 0.276. The van der Waals surface area contributed by atoms with E-state index in [0.717, 1.165) is 24.2 Å². The minimum absolute atomic E-state index is 0. The van der Waals surface area contributed by atoms with E-state index >= 15 is 0 Å². The minimum atomic E-state index is -0.709. The Morgan fingerprint density at radius 1 is 1.07 bits per heavy atom. The van der Waals surface area contributed by atoms with Crippen molar-refractivity contribution >= 4 is 63.1 Å². The third-order valence-corrected chi connectivity index (χ3v) is 7.22. The fourth-order valence-corrected chi connectivity index (χ4v) is 4.64. The average molecular weight is 578 g/mol. The van der Waals surface area contributed by atoms with Crippen molar-refractivity contribution in [1.82, 2.24) is 14.9 Å². The molecule has 4 aromatic rings. The summed E-state index contributed by atoms with van der Waals surface area (Å²) in [6.07, 6.45) is 1.67. The van der Waals surface area contributed by atoms with Gasteiger partial charge in [-0.3, -0.25) is 9.59 Å². The van der Waals surface area contributed by atoms with Crippen LogP contribution in [0, 0.1) is 18.3 Å². The number of thiophene rings is 1. The van der Waals surface area contributed by atoms with Gasteiger partial charge < -0.3 is 20.9 Å². The molecular weight excluding hydrogens is 546 g/mol. The predicted molar refractivity (Wildman–Crippen MR) is 164 cm³/mol. The van der Waals surface area contributed by atoms with Gasteiger partial charge in [-0.05, 0) is 76.3 Å². The van der Waals surface area contributed by atoms with E-state index in [4.69, 9.17) is 0 Å². The third kappa shape index (κ3) is 7.33. The van der Waals surface area contributed by atoms with Crippen LogP contribution in [0.1, 0.15) is 45.0 Å². The number of carbonyl (C=O) groups excluding carboxylic acids is 2. The lowest BCUT2D eigenvalue weighted by Gasteiger charge is -2.16. The topological polar surface area (TPSA) is 123 Å². The smallest absolute Gasteiger partial charge is 0.265 e. The van der Waals surface area contributed by atoms with Crippen molar-refractivity contribution < 1.29 is 9.59 Å². The molecule has 40 heavy (non-hydrogen) atoms. The van der Waals surface area contributed by atoms with Gasteiger partial charge in [-0.15, -0.1) is 23.7 Å². The van der Waals surface area contributed by atoms with Crippen LogP contribution < -0.4 is 16.0 Å². The number of nitriles is 1. The Bertz CT molecular complexity index is 1580. The van der Waals surface area contributed by atoms with Crippen LogP contribution in [-0.4, -0.2) is 53.9 Å². The molecule has 0 fully saturated rings. The molecule has 2 amide bonds. The summed E-state index contributed by atoms with van der Waals surface area (Å²) in [5, 5.41) is 18.5. The van der Waals surface area contributed by atoms with E-state index in [0.29, 0.717) is 38.0 Å². The summed E-state index contributed by atoms with van der Waals surface area (Å²) in [5.74, 6) is 0.0856. The summed E-state index contributed by atoms with van der Waals surface area (Å²) >= 11 is 1.27. The lowest BCUT2D eigenvalue weighted by Crippen LogP contribution is -2.21. The number of carbonyl (C=O) groups is 2. The lowest BCUT2D eigenvalue weighted by atomic mass is 9.85. The van der Waals surface area contributed by atoms with Gasteiger partial charge in [0, 0.05) is 30.0 Å². The lowest BCUT2D eigenvalue weighted by molar-refractivity contribution is 0.102. The first-order valence-electron chi connectivity index (χ1n) is 12.5. The zero-order valence-corrected chi connectivity index (χ0v) is 24.7. The van der Waals surface area contributed by atoms with Crippen LogP contribution in [-0.2, 0) is 5.41 Å². The maximum atomic E-state index is 13.1. The molecule has 3 N–H and O–H groups in total. The van der Waals surface area contributed by atoms with Crippen LogP contribution in [0.25, 0.3) is 10.3 Å². The Hall–Kier alpha value is -4.04. The van der Waals surface area contributed by atoms with Gasteiger partial charge in [-0.25, -0.2) is 9.97 Å². The maximum Gasteiger partial charge on any atom is 0.265 e. The molecule has 11 heteroatoms. The molecule has 0 saturated carbocycles. The number of fused-ring (bicyclic) bond motifs is 1. The standard InChI is InChI=1S/C29H31N7O2S.ClH/c1-18-9-10-21(33-26(37)19-7-6-8-20(13-19)29(2,3)17-30)14-22(18)34-27(38)24-15-23-28(39-24)35-25(16-32-23)31-11-12-36(4)5;/h6-10,13-16H,11-12H2,1-5H3,(H,31,35)(H,33,37)(H,34,38);1H. The van der Waals surface area contributed by atoms with E-state index in [1.165, 1.54) is 11.3 Å². The SMILES string of the molecule is Cc1ccc(NC(=O)c2cccc(C(C)(C)C#N)c2)cc1NC(=O)c1cc2ncc(NCCN(C)C)nc2s1.Cl. The van der Waals surface area contributed by atoms with Gasteiger partial charge in [-0.1, -0.05) is 18.2 Å². The average Bonchev–Trinajstić information content (AvgIpc) is 3.34. The molecule has 0 aliphatic carbocycles. The van der Waals surface area contributed by atoms with Crippen molar-refractivity contribution in [3.05, 3.63) is 76.3 Å². The van der Waals surface area contributed by atoms with Gasteiger partial charge in [0.2, 0.25) is 0 Å². The largest absolute Gasteiger partial charge is 0.367 e. The highest BCUT2D eigenvalue weighted by atomic mass is 35.5. The summed E-state index contributed by atoms with van der Waals surface area (Å²) in [6, 6.07) is 16.4. The van der Waals surface area contributed by atoms with E-state index in [-0.39, 0.29) is 24.2 Å². The zero-order valence-electron chi connectivity index (χ0n) is 23.0. The molecule has 0 aliphatic heterocycles. The number of rotatable bonds is 9. The summed E-state index contributed by atoms with van der Waals surface area (Å²) < 4.78 is 0. The van der Waals surface area contributed by atoms with Crippen molar-refractivity contribution in [1.29, 1.82) is 5.26 Å². The highest BCUT2D eigenvalue weighted by Gasteiger charge is 2.21. The normalized spacial score (nSPS) is 11.0. The van der Waals surface area contributed by atoms with Crippen LogP contribution >= 0.6 is 23.7 Å².